The summed E-state index contributed by atoms with van der Waals surface area (Å²) in [6.07, 6.45) is 5.91. The summed E-state index contributed by atoms with van der Waals surface area (Å²) in [6.45, 7) is 4.63. The second-order valence-electron chi connectivity index (χ2n) is 7.10. The Bertz CT molecular complexity index is 541. The summed E-state index contributed by atoms with van der Waals surface area (Å²) >= 11 is 0. The van der Waals surface area contributed by atoms with E-state index in [0.717, 1.165) is 25.9 Å². The SMILES string of the molecule is CCO[C@@H]1C[C@H](NC(=O)N[C@@H](C)C[C@H](O)c2ccco2)C12CCC2. The molecule has 2 amide bonds. The molecule has 1 heterocycles. The minimum Gasteiger partial charge on any atom is -0.467 e. The zero-order valence-electron chi connectivity index (χ0n) is 14.5. The fourth-order valence-corrected chi connectivity index (χ4v) is 4.06. The molecule has 1 aromatic rings. The standard InChI is InChI=1S/C18H28N2O4/c1-3-23-16-11-15(18(16)7-5-8-18)20-17(22)19-12(2)10-13(21)14-6-4-9-24-14/h4,6,9,12-13,15-16,21H,3,5,7-8,10-11H2,1-2H3,(H2,19,20,22)/t12-,13-,15-,16+/m0/s1. The topological polar surface area (TPSA) is 83.7 Å². The van der Waals surface area contributed by atoms with E-state index in [1.165, 1.54) is 12.7 Å². The van der Waals surface area contributed by atoms with Gasteiger partial charge in [-0.05, 0) is 45.2 Å². The number of nitrogens with one attached hydrogen (secondary N) is 2. The van der Waals surface area contributed by atoms with Crippen LogP contribution in [0.4, 0.5) is 4.79 Å². The summed E-state index contributed by atoms with van der Waals surface area (Å²) in [5, 5.41) is 16.1. The van der Waals surface area contributed by atoms with E-state index in [9.17, 15) is 9.90 Å². The lowest BCUT2D eigenvalue weighted by molar-refractivity contribution is -0.169. The van der Waals surface area contributed by atoms with Crippen LogP contribution in [0.3, 0.4) is 0 Å². The van der Waals surface area contributed by atoms with Gasteiger partial charge >= 0.3 is 6.03 Å². The number of aliphatic hydroxyl groups excluding tert-OH is 1. The van der Waals surface area contributed by atoms with Crippen molar-refractivity contribution in [3.63, 3.8) is 0 Å². The molecule has 1 spiro atoms. The van der Waals surface area contributed by atoms with Crippen molar-refractivity contribution >= 4 is 6.03 Å². The van der Waals surface area contributed by atoms with Crippen LogP contribution in [0.5, 0.6) is 0 Å². The number of carbonyl (C=O) groups excluding carboxylic acids is 1. The van der Waals surface area contributed by atoms with Crippen LogP contribution in [-0.4, -0.2) is 35.9 Å². The quantitative estimate of drug-likeness (QED) is 0.715. The van der Waals surface area contributed by atoms with E-state index in [2.05, 4.69) is 10.6 Å². The van der Waals surface area contributed by atoms with Gasteiger partial charge in [0.05, 0.1) is 12.4 Å². The molecule has 3 rings (SSSR count). The second kappa shape index (κ2) is 7.15. The van der Waals surface area contributed by atoms with Gasteiger partial charge in [0.2, 0.25) is 0 Å². The molecule has 4 atom stereocenters. The first-order valence-electron chi connectivity index (χ1n) is 8.95. The molecule has 2 aliphatic rings. The van der Waals surface area contributed by atoms with Crippen molar-refractivity contribution in [3.05, 3.63) is 24.2 Å². The fraction of sp³-hybridized carbons (Fsp3) is 0.722. The Kier molecular flexibility index (Phi) is 5.15. The van der Waals surface area contributed by atoms with Crippen molar-refractivity contribution in [3.8, 4) is 0 Å². The van der Waals surface area contributed by atoms with Crippen molar-refractivity contribution in [2.45, 2.75) is 70.2 Å². The Labute approximate surface area is 142 Å². The third-order valence-corrected chi connectivity index (χ3v) is 5.57. The van der Waals surface area contributed by atoms with Gasteiger partial charge in [-0.2, -0.15) is 0 Å². The Balaban J connectivity index is 1.44. The number of hydrogen-bond donors (Lipinski definition) is 3. The number of rotatable bonds is 7. The van der Waals surface area contributed by atoms with E-state index >= 15 is 0 Å². The van der Waals surface area contributed by atoms with Gasteiger partial charge in [0.25, 0.3) is 0 Å². The van der Waals surface area contributed by atoms with Gasteiger partial charge in [0, 0.05) is 30.5 Å². The predicted molar refractivity (Wildman–Crippen MR) is 89.5 cm³/mol. The molecule has 0 aliphatic heterocycles. The van der Waals surface area contributed by atoms with Crippen molar-refractivity contribution in [2.75, 3.05) is 6.61 Å². The molecular weight excluding hydrogens is 308 g/mol. The van der Waals surface area contributed by atoms with Crippen molar-refractivity contribution in [1.29, 1.82) is 0 Å². The van der Waals surface area contributed by atoms with E-state index in [0.29, 0.717) is 18.3 Å². The second-order valence-corrected chi connectivity index (χ2v) is 7.10. The molecule has 6 heteroatoms. The van der Waals surface area contributed by atoms with Crippen LogP contribution in [0.25, 0.3) is 0 Å². The number of urea groups is 1. The predicted octanol–water partition coefficient (Wildman–Crippen LogP) is 2.74. The molecule has 0 saturated heterocycles. The molecule has 0 radical (unpaired) electrons. The smallest absolute Gasteiger partial charge is 0.315 e. The third kappa shape index (κ3) is 3.30. The van der Waals surface area contributed by atoms with Gasteiger partial charge < -0.3 is 24.9 Å². The Morgan fingerprint density at radius 3 is 2.92 bits per heavy atom. The third-order valence-electron chi connectivity index (χ3n) is 5.57. The molecule has 3 N–H and O–H groups in total. The molecule has 1 aromatic heterocycles. The van der Waals surface area contributed by atoms with Crippen molar-refractivity contribution in [1.82, 2.24) is 10.6 Å². The molecule has 0 aromatic carbocycles. The zero-order chi connectivity index (χ0) is 17.2. The summed E-state index contributed by atoms with van der Waals surface area (Å²) in [7, 11) is 0. The Hall–Kier alpha value is -1.53. The van der Waals surface area contributed by atoms with Gasteiger partial charge in [-0.25, -0.2) is 4.79 Å². The first-order valence-corrected chi connectivity index (χ1v) is 8.95. The van der Waals surface area contributed by atoms with E-state index in [-0.39, 0.29) is 23.5 Å². The maximum Gasteiger partial charge on any atom is 0.315 e. The van der Waals surface area contributed by atoms with Gasteiger partial charge in [0.1, 0.15) is 11.9 Å². The molecule has 134 valence electrons. The van der Waals surface area contributed by atoms with Crippen molar-refractivity contribution < 1.29 is 19.1 Å². The summed E-state index contributed by atoms with van der Waals surface area (Å²) in [6, 6.07) is 3.36. The van der Waals surface area contributed by atoms with Crippen LogP contribution < -0.4 is 10.6 Å². The molecular formula is C18H28N2O4. The normalized spacial score (nSPS) is 27.0. The van der Waals surface area contributed by atoms with Crippen LogP contribution in [-0.2, 0) is 4.74 Å². The maximum absolute atomic E-state index is 12.2. The molecule has 24 heavy (non-hydrogen) atoms. The monoisotopic (exact) mass is 336 g/mol. The van der Waals surface area contributed by atoms with Crippen LogP contribution in [0.1, 0.15) is 57.8 Å². The number of aliphatic hydroxyl groups is 1. The first-order chi connectivity index (χ1) is 11.5. The largest absolute Gasteiger partial charge is 0.467 e. The van der Waals surface area contributed by atoms with Gasteiger partial charge in [0.15, 0.2) is 0 Å². The summed E-state index contributed by atoms with van der Waals surface area (Å²) in [4.78, 5) is 12.2. The first kappa shape index (κ1) is 17.3. The van der Waals surface area contributed by atoms with Gasteiger partial charge in [-0.15, -0.1) is 0 Å². The van der Waals surface area contributed by atoms with E-state index in [1.807, 2.05) is 13.8 Å². The molecule has 6 nitrogen and oxygen atoms in total. The number of amides is 2. The van der Waals surface area contributed by atoms with Crippen molar-refractivity contribution in [2.24, 2.45) is 5.41 Å². The number of hydrogen-bond acceptors (Lipinski definition) is 4. The summed E-state index contributed by atoms with van der Waals surface area (Å²) in [5.41, 5.74) is 0.157. The zero-order valence-corrected chi connectivity index (χ0v) is 14.5. The number of ether oxygens (including phenoxy) is 1. The molecule has 0 unspecified atom stereocenters. The highest BCUT2D eigenvalue weighted by atomic mass is 16.5. The highest BCUT2D eigenvalue weighted by Gasteiger charge is 2.59. The van der Waals surface area contributed by atoms with Gasteiger partial charge in [-0.3, -0.25) is 0 Å². The van der Waals surface area contributed by atoms with E-state index in [1.54, 1.807) is 12.1 Å². The molecule has 2 fully saturated rings. The van der Waals surface area contributed by atoms with Crippen LogP contribution in [0, 0.1) is 5.41 Å². The lowest BCUT2D eigenvalue weighted by atomic mass is 9.51. The molecule has 2 aliphatic carbocycles. The molecule has 2 saturated carbocycles. The lowest BCUT2D eigenvalue weighted by Gasteiger charge is -2.60. The van der Waals surface area contributed by atoms with E-state index < -0.39 is 6.10 Å². The Morgan fingerprint density at radius 1 is 1.54 bits per heavy atom. The highest BCUT2D eigenvalue weighted by Crippen LogP contribution is 2.57. The average Bonchev–Trinajstić information content (AvgIpc) is 2.98. The lowest BCUT2D eigenvalue weighted by Crippen LogP contribution is -2.68. The van der Waals surface area contributed by atoms with Crippen LogP contribution >= 0.6 is 0 Å². The minimum atomic E-state index is -0.709. The van der Waals surface area contributed by atoms with Gasteiger partial charge in [-0.1, -0.05) is 6.42 Å². The number of furan rings is 1. The maximum atomic E-state index is 12.2. The number of carbonyl (C=O) groups is 1. The van der Waals surface area contributed by atoms with E-state index in [4.69, 9.17) is 9.15 Å². The highest BCUT2D eigenvalue weighted by molar-refractivity contribution is 5.74. The summed E-state index contributed by atoms with van der Waals surface area (Å²) in [5.74, 6) is 0.524. The summed E-state index contributed by atoms with van der Waals surface area (Å²) < 4.78 is 11.0. The van der Waals surface area contributed by atoms with Crippen LogP contribution in [0.15, 0.2) is 22.8 Å². The molecule has 0 bridgehead atoms. The minimum absolute atomic E-state index is 0.148. The average molecular weight is 336 g/mol. The Morgan fingerprint density at radius 2 is 2.33 bits per heavy atom. The van der Waals surface area contributed by atoms with Crippen LogP contribution in [0.2, 0.25) is 0 Å². The fourth-order valence-electron chi connectivity index (χ4n) is 4.06.